The van der Waals surface area contributed by atoms with Crippen LogP contribution in [0.25, 0.3) is 0 Å². The van der Waals surface area contributed by atoms with Crippen molar-refractivity contribution in [2.24, 2.45) is 5.73 Å². The van der Waals surface area contributed by atoms with E-state index in [2.05, 4.69) is 37.7 Å². The number of unbranched alkanes of at least 4 members (excludes halogenated alkanes) is 4. The van der Waals surface area contributed by atoms with E-state index in [0.29, 0.717) is 0 Å². The topological polar surface area (TPSA) is 32.5 Å². The van der Waals surface area contributed by atoms with Crippen LogP contribution in [-0.4, -0.2) is 55.1 Å². The van der Waals surface area contributed by atoms with Crippen LogP contribution in [0.2, 0.25) is 0 Å². The Morgan fingerprint density at radius 3 is 2.50 bits per heavy atom. The number of likely N-dealkylation sites (N-methyl/N-ethyl adjacent to an activating group) is 2. The van der Waals surface area contributed by atoms with Gasteiger partial charge >= 0.3 is 0 Å². The van der Waals surface area contributed by atoms with E-state index in [0.717, 1.165) is 12.6 Å². The molecule has 1 aliphatic rings. The van der Waals surface area contributed by atoms with Crippen LogP contribution < -0.4 is 5.73 Å². The molecule has 1 saturated heterocycles. The van der Waals surface area contributed by atoms with Gasteiger partial charge in [0.2, 0.25) is 0 Å². The number of nitrogens with zero attached hydrogens (tertiary/aromatic N) is 2. The first-order valence-electron chi connectivity index (χ1n) is 8.65. The molecule has 1 aliphatic heterocycles. The van der Waals surface area contributed by atoms with E-state index in [9.17, 15) is 0 Å². The maximum atomic E-state index is 6.10. The van der Waals surface area contributed by atoms with Gasteiger partial charge in [0.15, 0.2) is 0 Å². The number of rotatable bonds is 10. The zero-order chi connectivity index (χ0) is 15.0. The van der Waals surface area contributed by atoms with E-state index in [1.807, 2.05) is 0 Å². The van der Waals surface area contributed by atoms with Gasteiger partial charge in [-0.3, -0.25) is 4.90 Å². The second-order valence-electron chi connectivity index (χ2n) is 7.02. The van der Waals surface area contributed by atoms with Crippen LogP contribution in [0, 0.1) is 0 Å². The van der Waals surface area contributed by atoms with E-state index < -0.39 is 0 Å². The average molecular weight is 284 g/mol. The maximum absolute atomic E-state index is 6.10. The molecule has 20 heavy (non-hydrogen) atoms. The molecule has 0 amide bonds. The monoisotopic (exact) mass is 283 g/mol. The van der Waals surface area contributed by atoms with Gasteiger partial charge in [0.25, 0.3) is 0 Å². The lowest BCUT2D eigenvalue weighted by atomic mass is 9.91. The van der Waals surface area contributed by atoms with Crippen molar-refractivity contribution in [1.29, 1.82) is 0 Å². The van der Waals surface area contributed by atoms with Gasteiger partial charge < -0.3 is 10.6 Å². The van der Waals surface area contributed by atoms with Crippen LogP contribution in [0.3, 0.4) is 0 Å². The molecule has 1 fully saturated rings. The Morgan fingerprint density at radius 1 is 1.25 bits per heavy atom. The van der Waals surface area contributed by atoms with Gasteiger partial charge in [0.05, 0.1) is 0 Å². The predicted molar refractivity (Wildman–Crippen MR) is 89.1 cm³/mol. The van der Waals surface area contributed by atoms with Gasteiger partial charge in [-0.15, -0.1) is 0 Å². The summed E-state index contributed by atoms with van der Waals surface area (Å²) in [5, 5.41) is 0. The molecule has 0 radical (unpaired) electrons. The molecule has 1 rings (SSSR count). The van der Waals surface area contributed by atoms with Crippen molar-refractivity contribution in [3.05, 3.63) is 0 Å². The number of likely N-dealkylation sites (tertiary alicyclic amines) is 1. The molecule has 120 valence electrons. The summed E-state index contributed by atoms with van der Waals surface area (Å²) in [4.78, 5) is 5.04. The Labute approximate surface area is 126 Å². The largest absolute Gasteiger partial charge is 0.329 e. The second kappa shape index (κ2) is 9.01. The molecule has 0 aromatic carbocycles. The summed E-state index contributed by atoms with van der Waals surface area (Å²) in [6, 6.07) is 0.728. The summed E-state index contributed by atoms with van der Waals surface area (Å²) >= 11 is 0. The number of hydrogen-bond donors (Lipinski definition) is 1. The average Bonchev–Trinajstić information content (AvgIpc) is 2.83. The molecule has 0 aliphatic carbocycles. The molecule has 3 nitrogen and oxygen atoms in total. The molecular formula is C17H37N3. The second-order valence-corrected chi connectivity index (χ2v) is 7.02. The van der Waals surface area contributed by atoms with Crippen LogP contribution >= 0.6 is 0 Å². The molecule has 2 unspecified atom stereocenters. The van der Waals surface area contributed by atoms with Crippen molar-refractivity contribution in [2.45, 2.75) is 76.8 Å². The third kappa shape index (κ3) is 5.34. The standard InChI is InChI=1S/C17H37N3/c1-5-6-7-8-9-12-17(2,15-18)20(4)14-16-11-10-13-19(16)3/h16H,5-15,18H2,1-4H3. The van der Waals surface area contributed by atoms with Gasteiger partial charge in [-0.1, -0.05) is 39.0 Å². The first kappa shape index (κ1) is 17.9. The first-order chi connectivity index (χ1) is 9.53. The fraction of sp³-hybridized carbons (Fsp3) is 1.00. The lowest BCUT2D eigenvalue weighted by Gasteiger charge is -2.40. The van der Waals surface area contributed by atoms with Crippen molar-refractivity contribution in [2.75, 3.05) is 33.7 Å². The lowest BCUT2D eigenvalue weighted by molar-refractivity contribution is 0.0996. The third-order valence-electron chi connectivity index (χ3n) is 5.34. The lowest BCUT2D eigenvalue weighted by Crippen LogP contribution is -2.53. The zero-order valence-electron chi connectivity index (χ0n) is 14.3. The van der Waals surface area contributed by atoms with E-state index in [1.165, 1.54) is 64.5 Å². The number of nitrogens with two attached hydrogens (primary N) is 1. The zero-order valence-corrected chi connectivity index (χ0v) is 14.3. The number of hydrogen-bond acceptors (Lipinski definition) is 3. The van der Waals surface area contributed by atoms with Crippen LogP contribution in [0.5, 0.6) is 0 Å². The Kier molecular flexibility index (Phi) is 8.08. The summed E-state index contributed by atoms with van der Waals surface area (Å²) in [5.74, 6) is 0. The summed E-state index contributed by atoms with van der Waals surface area (Å²) in [6.45, 7) is 7.82. The van der Waals surface area contributed by atoms with Crippen LogP contribution in [0.4, 0.5) is 0 Å². The molecule has 0 aromatic heterocycles. The fourth-order valence-electron chi connectivity index (χ4n) is 3.30. The van der Waals surface area contributed by atoms with Crippen molar-refractivity contribution < 1.29 is 0 Å². The maximum Gasteiger partial charge on any atom is 0.0301 e. The Morgan fingerprint density at radius 2 is 1.95 bits per heavy atom. The Bertz CT molecular complexity index is 257. The van der Waals surface area contributed by atoms with Gasteiger partial charge in [-0.25, -0.2) is 0 Å². The van der Waals surface area contributed by atoms with Crippen molar-refractivity contribution >= 4 is 0 Å². The van der Waals surface area contributed by atoms with Gasteiger partial charge in [0, 0.05) is 24.7 Å². The highest BCUT2D eigenvalue weighted by molar-refractivity contribution is 4.89. The van der Waals surface area contributed by atoms with Gasteiger partial charge in [0.1, 0.15) is 0 Å². The van der Waals surface area contributed by atoms with Crippen LogP contribution in [0.1, 0.15) is 65.2 Å². The summed E-state index contributed by atoms with van der Waals surface area (Å²) in [7, 11) is 4.53. The SMILES string of the molecule is CCCCCCCC(C)(CN)N(C)CC1CCCN1C. The highest BCUT2D eigenvalue weighted by Crippen LogP contribution is 2.24. The smallest absolute Gasteiger partial charge is 0.0301 e. The van der Waals surface area contributed by atoms with E-state index in [1.54, 1.807) is 0 Å². The summed E-state index contributed by atoms with van der Waals surface area (Å²) < 4.78 is 0. The molecule has 0 aromatic rings. The molecular weight excluding hydrogens is 246 g/mol. The molecule has 0 spiro atoms. The van der Waals surface area contributed by atoms with Gasteiger partial charge in [-0.2, -0.15) is 0 Å². The molecule has 2 atom stereocenters. The minimum Gasteiger partial charge on any atom is -0.329 e. The summed E-state index contributed by atoms with van der Waals surface area (Å²) in [6.07, 6.45) is 10.7. The van der Waals surface area contributed by atoms with Gasteiger partial charge in [-0.05, 0) is 46.8 Å². The van der Waals surface area contributed by atoms with Crippen molar-refractivity contribution in [3.63, 3.8) is 0 Å². The van der Waals surface area contributed by atoms with Crippen LogP contribution in [-0.2, 0) is 0 Å². The Hall–Kier alpha value is -0.120. The highest BCUT2D eigenvalue weighted by atomic mass is 15.2. The minimum atomic E-state index is 0.176. The minimum absolute atomic E-state index is 0.176. The molecule has 1 heterocycles. The van der Waals surface area contributed by atoms with E-state index in [-0.39, 0.29) is 5.54 Å². The molecule has 0 bridgehead atoms. The predicted octanol–water partition coefficient (Wildman–Crippen LogP) is 3.09. The molecule has 0 saturated carbocycles. The fourth-order valence-corrected chi connectivity index (χ4v) is 3.30. The molecule has 3 heteroatoms. The molecule has 2 N–H and O–H groups in total. The van der Waals surface area contributed by atoms with Crippen molar-refractivity contribution in [3.8, 4) is 0 Å². The quantitative estimate of drug-likeness (QED) is 0.625. The summed E-state index contributed by atoms with van der Waals surface area (Å²) in [5.41, 5.74) is 6.28. The van der Waals surface area contributed by atoms with Crippen molar-refractivity contribution in [1.82, 2.24) is 9.80 Å². The first-order valence-corrected chi connectivity index (χ1v) is 8.65. The van der Waals surface area contributed by atoms with E-state index >= 15 is 0 Å². The van der Waals surface area contributed by atoms with Crippen LogP contribution in [0.15, 0.2) is 0 Å². The highest BCUT2D eigenvalue weighted by Gasteiger charge is 2.31. The normalized spacial score (nSPS) is 23.4. The van der Waals surface area contributed by atoms with E-state index in [4.69, 9.17) is 5.73 Å². The third-order valence-corrected chi connectivity index (χ3v) is 5.34. The Balaban J connectivity index is 2.36.